The number of phosphoric acid groups is 1. The molecule has 296 valence electrons. The van der Waals surface area contributed by atoms with Crippen molar-refractivity contribution in [2.75, 3.05) is 47.5 Å². The van der Waals surface area contributed by atoms with Crippen molar-refractivity contribution in [2.45, 2.75) is 187 Å². The average Bonchev–Trinajstić information content (AvgIpc) is 3.06. The lowest BCUT2D eigenvalue weighted by molar-refractivity contribution is -0.870. The minimum absolute atomic E-state index is 0.0333. The van der Waals surface area contributed by atoms with Gasteiger partial charge in [0.15, 0.2) is 6.10 Å². The molecule has 0 spiro atoms. The predicted octanol–water partition coefficient (Wildman–Crippen LogP) is 11.0. The van der Waals surface area contributed by atoms with E-state index >= 15 is 0 Å². The van der Waals surface area contributed by atoms with Gasteiger partial charge in [-0.25, -0.2) is 4.57 Å². The van der Waals surface area contributed by atoms with Gasteiger partial charge in [-0.05, 0) is 38.5 Å². The maximum Gasteiger partial charge on any atom is 0.472 e. The van der Waals surface area contributed by atoms with Crippen LogP contribution in [0.5, 0.6) is 0 Å². The summed E-state index contributed by atoms with van der Waals surface area (Å²) in [5, 5.41) is 0. The number of quaternary nitrogens is 1. The predicted molar refractivity (Wildman–Crippen MR) is 206 cm³/mol. The molecular formula is C40H79NO8P+. The first-order chi connectivity index (χ1) is 24.0. The number of allylic oxidation sites excluding steroid dienone is 2. The van der Waals surface area contributed by atoms with Gasteiger partial charge in [0.25, 0.3) is 0 Å². The van der Waals surface area contributed by atoms with Crippen LogP contribution in [0.3, 0.4) is 0 Å². The number of hydrogen-bond donors (Lipinski definition) is 1. The molecule has 0 aliphatic carbocycles. The molecule has 10 heteroatoms. The fraction of sp³-hybridized carbons (Fsp3) is 0.900. The molecule has 0 fully saturated rings. The van der Waals surface area contributed by atoms with Crippen LogP contribution >= 0.6 is 7.82 Å². The second-order valence-electron chi connectivity index (χ2n) is 15.0. The first-order valence-corrected chi connectivity index (χ1v) is 21.9. The van der Waals surface area contributed by atoms with Gasteiger partial charge in [-0.2, -0.15) is 0 Å². The van der Waals surface area contributed by atoms with Gasteiger partial charge in [-0.3, -0.25) is 18.6 Å². The first kappa shape index (κ1) is 48.8. The highest BCUT2D eigenvalue weighted by molar-refractivity contribution is 7.47. The molecule has 1 N–H and O–H groups in total. The van der Waals surface area contributed by atoms with Crippen molar-refractivity contribution < 1.29 is 42.1 Å². The van der Waals surface area contributed by atoms with E-state index in [0.29, 0.717) is 17.4 Å². The Labute approximate surface area is 307 Å². The molecular weight excluding hydrogens is 653 g/mol. The third-order valence-corrected chi connectivity index (χ3v) is 9.78. The number of hydrogen-bond acceptors (Lipinski definition) is 7. The van der Waals surface area contributed by atoms with E-state index < -0.39 is 26.5 Å². The minimum Gasteiger partial charge on any atom is -0.462 e. The Morgan fingerprint density at radius 1 is 0.600 bits per heavy atom. The van der Waals surface area contributed by atoms with E-state index in [0.717, 1.165) is 51.4 Å². The highest BCUT2D eigenvalue weighted by Crippen LogP contribution is 2.43. The topological polar surface area (TPSA) is 108 Å². The van der Waals surface area contributed by atoms with E-state index in [-0.39, 0.29) is 32.0 Å². The third kappa shape index (κ3) is 36.5. The van der Waals surface area contributed by atoms with E-state index in [9.17, 15) is 19.0 Å². The molecule has 0 radical (unpaired) electrons. The number of rotatable bonds is 37. The van der Waals surface area contributed by atoms with Crippen LogP contribution in [0.25, 0.3) is 0 Å². The largest absolute Gasteiger partial charge is 0.472 e. The van der Waals surface area contributed by atoms with Crippen molar-refractivity contribution in [2.24, 2.45) is 0 Å². The van der Waals surface area contributed by atoms with Crippen molar-refractivity contribution in [3.05, 3.63) is 12.2 Å². The highest BCUT2D eigenvalue weighted by atomic mass is 31.2. The number of likely N-dealkylation sites (N-methyl/N-ethyl adjacent to an activating group) is 1. The number of carbonyl (C=O) groups is 2. The molecule has 0 aliphatic rings. The van der Waals surface area contributed by atoms with Gasteiger partial charge >= 0.3 is 19.8 Å². The molecule has 50 heavy (non-hydrogen) atoms. The molecule has 0 amide bonds. The summed E-state index contributed by atoms with van der Waals surface area (Å²) in [5.74, 6) is -0.803. The van der Waals surface area contributed by atoms with Gasteiger partial charge < -0.3 is 18.9 Å². The van der Waals surface area contributed by atoms with E-state index in [4.69, 9.17) is 18.5 Å². The van der Waals surface area contributed by atoms with Crippen molar-refractivity contribution in [1.29, 1.82) is 0 Å². The molecule has 0 heterocycles. The minimum atomic E-state index is -4.36. The zero-order valence-corrected chi connectivity index (χ0v) is 34.0. The normalized spacial score (nSPS) is 13.8. The Morgan fingerprint density at radius 2 is 1.02 bits per heavy atom. The molecule has 0 aromatic heterocycles. The lowest BCUT2D eigenvalue weighted by Crippen LogP contribution is -2.37. The van der Waals surface area contributed by atoms with E-state index in [1.54, 1.807) is 0 Å². The van der Waals surface area contributed by atoms with Crippen LogP contribution in [0, 0.1) is 0 Å². The third-order valence-electron chi connectivity index (χ3n) is 8.80. The van der Waals surface area contributed by atoms with Crippen molar-refractivity contribution >= 4 is 19.8 Å². The van der Waals surface area contributed by atoms with Gasteiger partial charge in [0.05, 0.1) is 27.7 Å². The fourth-order valence-electron chi connectivity index (χ4n) is 5.54. The van der Waals surface area contributed by atoms with Crippen LogP contribution in [0.1, 0.15) is 181 Å². The van der Waals surface area contributed by atoms with Gasteiger partial charge in [0.2, 0.25) is 0 Å². The van der Waals surface area contributed by atoms with Gasteiger partial charge in [0.1, 0.15) is 19.8 Å². The second kappa shape index (κ2) is 33.6. The number of carbonyl (C=O) groups excluding carboxylic acids is 2. The molecule has 0 aromatic rings. The van der Waals surface area contributed by atoms with Crippen LogP contribution in [0.4, 0.5) is 0 Å². The lowest BCUT2D eigenvalue weighted by atomic mass is 10.0. The van der Waals surface area contributed by atoms with E-state index in [1.807, 2.05) is 21.1 Å². The Kier molecular flexibility index (Phi) is 32.7. The van der Waals surface area contributed by atoms with Crippen LogP contribution < -0.4 is 0 Å². The van der Waals surface area contributed by atoms with Gasteiger partial charge in [-0.15, -0.1) is 0 Å². The lowest BCUT2D eigenvalue weighted by Gasteiger charge is -2.24. The smallest absolute Gasteiger partial charge is 0.462 e. The molecule has 0 aromatic carbocycles. The second-order valence-corrected chi connectivity index (χ2v) is 16.5. The standard InChI is InChI=1S/C40H78NO8P/c1-6-8-10-12-14-16-18-20-22-24-26-28-30-32-39(42)46-36-38(37-48-50(44,45)47-35-34-41(3,4)5)49-40(43)33-31-29-27-25-23-21-19-17-15-13-11-9-7-2/h16,18,38H,6-15,17,19-37H2,1-5H3/p+1/b18-16+/t38-/m1/s1. The Balaban J connectivity index is 4.40. The summed E-state index contributed by atoms with van der Waals surface area (Å²) in [6.07, 6.45) is 32.5. The fourth-order valence-corrected chi connectivity index (χ4v) is 6.28. The van der Waals surface area contributed by atoms with E-state index in [2.05, 4.69) is 26.0 Å². The number of phosphoric ester groups is 1. The summed E-state index contributed by atoms with van der Waals surface area (Å²) < 4.78 is 34.2. The molecule has 1 unspecified atom stereocenters. The van der Waals surface area contributed by atoms with Crippen LogP contribution in [-0.4, -0.2) is 74.9 Å². The zero-order valence-electron chi connectivity index (χ0n) is 33.1. The molecule has 9 nitrogen and oxygen atoms in total. The molecule has 0 aliphatic heterocycles. The highest BCUT2D eigenvalue weighted by Gasteiger charge is 2.27. The number of esters is 2. The van der Waals surface area contributed by atoms with Crippen molar-refractivity contribution in [3.8, 4) is 0 Å². The molecule has 2 atom stereocenters. The maximum atomic E-state index is 12.6. The number of ether oxygens (including phenoxy) is 2. The van der Waals surface area contributed by atoms with Gasteiger partial charge in [0, 0.05) is 12.8 Å². The summed E-state index contributed by atoms with van der Waals surface area (Å²) in [6, 6.07) is 0. The van der Waals surface area contributed by atoms with Crippen molar-refractivity contribution in [3.63, 3.8) is 0 Å². The van der Waals surface area contributed by atoms with Gasteiger partial charge in [-0.1, -0.05) is 142 Å². The summed E-state index contributed by atoms with van der Waals surface area (Å²) in [4.78, 5) is 35.2. The van der Waals surface area contributed by atoms with E-state index in [1.165, 1.54) is 96.3 Å². The number of nitrogens with zero attached hydrogens (tertiary/aromatic N) is 1. The van der Waals surface area contributed by atoms with Crippen LogP contribution in [0.2, 0.25) is 0 Å². The Hall–Kier alpha value is -1.25. The monoisotopic (exact) mass is 733 g/mol. The molecule has 0 bridgehead atoms. The molecule has 0 saturated carbocycles. The summed E-state index contributed by atoms with van der Waals surface area (Å²) in [5.41, 5.74) is 0. The number of unbranched alkanes of at least 4 members (excludes halogenated alkanes) is 21. The first-order valence-electron chi connectivity index (χ1n) is 20.4. The van der Waals surface area contributed by atoms with Crippen molar-refractivity contribution in [1.82, 2.24) is 0 Å². The maximum absolute atomic E-state index is 12.6. The molecule has 0 rings (SSSR count). The molecule has 0 saturated heterocycles. The summed E-state index contributed by atoms with van der Waals surface area (Å²) >= 11 is 0. The Bertz CT molecular complexity index is 876. The quantitative estimate of drug-likeness (QED) is 0.0221. The zero-order chi connectivity index (χ0) is 37.2. The average molecular weight is 733 g/mol. The summed E-state index contributed by atoms with van der Waals surface area (Å²) in [6.45, 7) is 4.40. The summed E-state index contributed by atoms with van der Waals surface area (Å²) in [7, 11) is 1.48. The Morgan fingerprint density at radius 3 is 1.50 bits per heavy atom. The SMILES string of the molecule is CCCCCC/C=C/CCCCCCCC(=O)OC[C@H](COP(=O)(O)OCC[N+](C)(C)C)OC(=O)CCCCCCCCCCCCCCC. The van der Waals surface area contributed by atoms with Crippen LogP contribution in [0.15, 0.2) is 12.2 Å². The van der Waals surface area contributed by atoms with Crippen LogP contribution in [-0.2, 0) is 32.7 Å².